The van der Waals surface area contributed by atoms with Crippen molar-refractivity contribution in [3.8, 4) is 0 Å². The lowest BCUT2D eigenvalue weighted by atomic mass is 10.1. The topological polar surface area (TPSA) is 78.9 Å². The Labute approximate surface area is 363 Å². The van der Waals surface area contributed by atoms with Crippen molar-refractivity contribution in [3.05, 3.63) is 72.9 Å². The van der Waals surface area contributed by atoms with Crippen LogP contribution in [-0.4, -0.2) is 37.2 Å². The second-order valence-electron chi connectivity index (χ2n) is 16.0. The van der Waals surface area contributed by atoms with E-state index in [9.17, 15) is 14.4 Å². The fraction of sp³-hybridized carbons (Fsp3) is 0.717. The summed E-state index contributed by atoms with van der Waals surface area (Å²) in [5.74, 6) is -0.922. The maximum absolute atomic E-state index is 12.7. The standard InChI is InChI=1S/C53H90O6/c1-4-7-10-13-15-17-19-21-23-25-26-28-29-31-33-35-37-40-43-46-52(55)58-49-50(48-57-51(54)45-42-39-12-9-6-3)59-53(56)47-44-41-38-36-34-32-30-27-24-22-20-18-16-14-11-8-5-2/h7,10,15-18,21-24,26,28,50H,4-6,8-9,11-14,19-20,25,27,29-49H2,1-3H3/b10-7-,17-15-,18-16-,23-21-,24-22-,28-26-. The second kappa shape index (κ2) is 47.5. The molecule has 0 bridgehead atoms. The van der Waals surface area contributed by atoms with Crippen molar-refractivity contribution in [2.75, 3.05) is 13.2 Å². The van der Waals surface area contributed by atoms with Crippen LogP contribution in [0.3, 0.4) is 0 Å². The number of rotatable bonds is 43. The molecule has 59 heavy (non-hydrogen) atoms. The predicted molar refractivity (Wildman–Crippen MR) is 251 cm³/mol. The molecule has 0 radical (unpaired) electrons. The average Bonchev–Trinajstić information content (AvgIpc) is 3.23. The molecule has 6 heteroatoms. The van der Waals surface area contributed by atoms with Crippen LogP contribution in [0.1, 0.15) is 226 Å². The molecule has 0 aliphatic carbocycles. The first kappa shape index (κ1) is 55.9. The monoisotopic (exact) mass is 823 g/mol. The van der Waals surface area contributed by atoms with Crippen molar-refractivity contribution >= 4 is 17.9 Å². The summed E-state index contributed by atoms with van der Waals surface area (Å²) < 4.78 is 16.6. The van der Waals surface area contributed by atoms with Crippen LogP contribution in [0, 0.1) is 0 Å². The molecule has 0 saturated heterocycles. The minimum atomic E-state index is -0.781. The van der Waals surface area contributed by atoms with Crippen LogP contribution in [0.5, 0.6) is 0 Å². The summed E-state index contributed by atoms with van der Waals surface area (Å²) in [6.07, 6.45) is 59.1. The molecule has 0 aromatic heterocycles. The predicted octanol–water partition coefficient (Wildman–Crippen LogP) is 15.9. The van der Waals surface area contributed by atoms with E-state index in [4.69, 9.17) is 14.2 Å². The van der Waals surface area contributed by atoms with Gasteiger partial charge in [-0.1, -0.05) is 190 Å². The Morgan fingerprint density at radius 2 is 0.661 bits per heavy atom. The van der Waals surface area contributed by atoms with Gasteiger partial charge in [0.05, 0.1) is 0 Å². The molecule has 0 heterocycles. The molecule has 1 unspecified atom stereocenters. The molecular weight excluding hydrogens is 733 g/mol. The van der Waals surface area contributed by atoms with Crippen molar-refractivity contribution in [2.24, 2.45) is 0 Å². The summed E-state index contributed by atoms with van der Waals surface area (Å²) in [5.41, 5.74) is 0. The zero-order valence-electron chi connectivity index (χ0n) is 38.5. The summed E-state index contributed by atoms with van der Waals surface area (Å²) in [5, 5.41) is 0. The molecule has 1 atom stereocenters. The van der Waals surface area contributed by atoms with Crippen LogP contribution < -0.4 is 0 Å². The molecule has 0 spiro atoms. The lowest BCUT2D eigenvalue weighted by molar-refractivity contribution is -0.167. The summed E-state index contributed by atoms with van der Waals surface area (Å²) in [6, 6.07) is 0. The van der Waals surface area contributed by atoms with E-state index < -0.39 is 6.10 Å². The van der Waals surface area contributed by atoms with Gasteiger partial charge in [-0.3, -0.25) is 14.4 Å². The average molecular weight is 823 g/mol. The highest BCUT2D eigenvalue weighted by molar-refractivity contribution is 5.71. The maximum Gasteiger partial charge on any atom is 0.306 e. The highest BCUT2D eigenvalue weighted by Crippen LogP contribution is 2.13. The van der Waals surface area contributed by atoms with E-state index in [-0.39, 0.29) is 31.1 Å². The van der Waals surface area contributed by atoms with Gasteiger partial charge >= 0.3 is 17.9 Å². The zero-order chi connectivity index (χ0) is 43.0. The van der Waals surface area contributed by atoms with Crippen molar-refractivity contribution in [1.82, 2.24) is 0 Å². The van der Waals surface area contributed by atoms with E-state index in [2.05, 4.69) is 93.7 Å². The van der Waals surface area contributed by atoms with E-state index in [1.54, 1.807) is 0 Å². The van der Waals surface area contributed by atoms with Gasteiger partial charge < -0.3 is 14.2 Å². The van der Waals surface area contributed by atoms with Gasteiger partial charge in [0.1, 0.15) is 13.2 Å². The number of ether oxygens (including phenoxy) is 3. The van der Waals surface area contributed by atoms with Crippen molar-refractivity contribution < 1.29 is 28.6 Å². The number of unbranched alkanes of at least 4 members (excludes halogenated alkanes) is 20. The highest BCUT2D eigenvalue weighted by atomic mass is 16.6. The van der Waals surface area contributed by atoms with Crippen LogP contribution in [-0.2, 0) is 28.6 Å². The quantitative estimate of drug-likeness (QED) is 0.0264. The first-order chi connectivity index (χ1) is 29.0. The van der Waals surface area contributed by atoms with Gasteiger partial charge in [-0.05, 0) is 89.9 Å². The molecule has 0 N–H and O–H groups in total. The Balaban J connectivity index is 4.23. The number of esters is 3. The Bertz CT molecular complexity index is 1130. The molecule has 6 nitrogen and oxygen atoms in total. The van der Waals surface area contributed by atoms with Crippen LogP contribution in [0.15, 0.2) is 72.9 Å². The number of carbonyl (C=O) groups excluding carboxylic acids is 3. The zero-order valence-corrected chi connectivity index (χ0v) is 38.5. The minimum Gasteiger partial charge on any atom is -0.462 e. The van der Waals surface area contributed by atoms with Gasteiger partial charge in [0.15, 0.2) is 6.10 Å². The molecule has 0 amide bonds. The second-order valence-corrected chi connectivity index (χ2v) is 16.0. The molecular formula is C53H90O6. The molecule has 0 aliphatic rings. The smallest absolute Gasteiger partial charge is 0.306 e. The first-order valence-electron chi connectivity index (χ1n) is 24.4. The Morgan fingerprint density at radius 3 is 1.07 bits per heavy atom. The molecule has 0 saturated carbocycles. The molecule has 0 aromatic rings. The van der Waals surface area contributed by atoms with Gasteiger partial charge in [-0.2, -0.15) is 0 Å². The SMILES string of the molecule is CC/C=C\C/C=C\C/C=C\C/C=C\CCCCCCCCC(=O)OCC(COC(=O)CCCCCCC)OC(=O)CCCCCCCCC/C=C\C/C=C\CCCCC. The van der Waals surface area contributed by atoms with Gasteiger partial charge in [-0.25, -0.2) is 0 Å². The Kier molecular flexibility index (Phi) is 45.0. The van der Waals surface area contributed by atoms with Gasteiger partial charge in [0, 0.05) is 19.3 Å². The van der Waals surface area contributed by atoms with Crippen LogP contribution >= 0.6 is 0 Å². The largest absolute Gasteiger partial charge is 0.462 e. The summed E-state index contributed by atoms with van der Waals surface area (Å²) in [4.78, 5) is 37.6. The lowest BCUT2D eigenvalue weighted by Crippen LogP contribution is -2.30. The van der Waals surface area contributed by atoms with E-state index >= 15 is 0 Å². The molecule has 0 rings (SSSR count). The lowest BCUT2D eigenvalue weighted by Gasteiger charge is -2.18. The third kappa shape index (κ3) is 45.8. The molecule has 0 aliphatic heterocycles. The normalized spacial score (nSPS) is 12.7. The fourth-order valence-electron chi connectivity index (χ4n) is 6.52. The fourth-order valence-corrected chi connectivity index (χ4v) is 6.52. The summed E-state index contributed by atoms with van der Waals surface area (Å²) in [7, 11) is 0. The maximum atomic E-state index is 12.7. The number of hydrogen-bond acceptors (Lipinski definition) is 6. The Morgan fingerprint density at radius 1 is 0.356 bits per heavy atom. The minimum absolute atomic E-state index is 0.0847. The van der Waals surface area contributed by atoms with E-state index in [0.29, 0.717) is 19.3 Å². The van der Waals surface area contributed by atoms with Gasteiger partial charge in [0.2, 0.25) is 0 Å². The molecule has 0 fully saturated rings. The van der Waals surface area contributed by atoms with E-state index in [0.717, 1.165) is 109 Å². The molecule has 0 aromatic carbocycles. The van der Waals surface area contributed by atoms with E-state index in [1.807, 2.05) is 0 Å². The van der Waals surface area contributed by atoms with Crippen LogP contribution in [0.25, 0.3) is 0 Å². The van der Waals surface area contributed by atoms with Gasteiger partial charge in [-0.15, -0.1) is 0 Å². The summed E-state index contributed by atoms with van der Waals surface area (Å²) in [6.45, 7) is 6.39. The van der Waals surface area contributed by atoms with Crippen LogP contribution in [0.2, 0.25) is 0 Å². The van der Waals surface area contributed by atoms with E-state index in [1.165, 1.54) is 77.0 Å². The third-order valence-corrected chi connectivity index (χ3v) is 10.2. The number of hydrogen-bond donors (Lipinski definition) is 0. The first-order valence-corrected chi connectivity index (χ1v) is 24.4. The van der Waals surface area contributed by atoms with Gasteiger partial charge in [0.25, 0.3) is 0 Å². The number of allylic oxidation sites excluding steroid dienone is 12. The Hall–Kier alpha value is -3.15. The summed E-state index contributed by atoms with van der Waals surface area (Å²) >= 11 is 0. The van der Waals surface area contributed by atoms with Crippen molar-refractivity contribution in [2.45, 2.75) is 232 Å². The molecule has 338 valence electrons. The van der Waals surface area contributed by atoms with Crippen LogP contribution in [0.4, 0.5) is 0 Å². The third-order valence-electron chi connectivity index (χ3n) is 10.2. The van der Waals surface area contributed by atoms with Crippen molar-refractivity contribution in [1.29, 1.82) is 0 Å². The highest BCUT2D eigenvalue weighted by Gasteiger charge is 2.19. The van der Waals surface area contributed by atoms with Crippen molar-refractivity contribution in [3.63, 3.8) is 0 Å². The number of carbonyl (C=O) groups is 3.